The van der Waals surface area contributed by atoms with Crippen molar-refractivity contribution in [3.05, 3.63) is 40.5 Å². The molecule has 3 heterocycles. The fourth-order valence-electron chi connectivity index (χ4n) is 1.99. The first kappa shape index (κ1) is 15.5. The van der Waals surface area contributed by atoms with Gasteiger partial charge in [-0.3, -0.25) is 4.79 Å². The Kier molecular flexibility index (Phi) is 4.31. The van der Waals surface area contributed by atoms with Crippen LogP contribution < -0.4 is 4.74 Å². The molecule has 8 heteroatoms. The standard InChI is InChI=1S/C15H11ClN2O4S/c1-21-12-5-2-8(7-17-12)15-18-9(6-13(19)20)14(22-15)10-3-4-11(16)23-10/h2-5,7H,6H2,1H3,(H,19,20). The molecule has 0 aliphatic rings. The molecule has 0 atom stereocenters. The molecule has 0 fully saturated rings. The Hall–Kier alpha value is -2.38. The third-order valence-corrected chi connectivity index (χ3v) is 4.24. The molecule has 0 unspecified atom stereocenters. The maximum Gasteiger partial charge on any atom is 0.309 e. The summed E-state index contributed by atoms with van der Waals surface area (Å²) in [5, 5.41) is 9.06. The Morgan fingerprint density at radius 3 is 2.78 bits per heavy atom. The van der Waals surface area contributed by atoms with Crippen LogP contribution in [0.4, 0.5) is 0 Å². The van der Waals surface area contributed by atoms with Gasteiger partial charge < -0.3 is 14.3 Å². The van der Waals surface area contributed by atoms with Gasteiger partial charge in [-0.25, -0.2) is 9.97 Å². The lowest BCUT2D eigenvalue weighted by Crippen LogP contribution is -2.01. The van der Waals surface area contributed by atoms with E-state index in [1.807, 2.05) is 0 Å². The molecule has 118 valence electrons. The molecule has 0 saturated heterocycles. The first-order chi connectivity index (χ1) is 11.1. The van der Waals surface area contributed by atoms with Gasteiger partial charge in [0.15, 0.2) is 5.76 Å². The van der Waals surface area contributed by atoms with Gasteiger partial charge in [0.25, 0.3) is 0 Å². The molecular formula is C15H11ClN2O4S. The molecule has 3 aromatic heterocycles. The summed E-state index contributed by atoms with van der Waals surface area (Å²) >= 11 is 7.24. The van der Waals surface area contributed by atoms with Gasteiger partial charge in [0, 0.05) is 12.3 Å². The number of aromatic nitrogens is 2. The molecule has 0 spiro atoms. The summed E-state index contributed by atoms with van der Waals surface area (Å²) in [5.74, 6) is 0.198. The molecule has 0 saturated carbocycles. The number of hydrogen-bond donors (Lipinski definition) is 1. The zero-order chi connectivity index (χ0) is 16.4. The highest BCUT2D eigenvalue weighted by Gasteiger charge is 2.20. The summed E-state index contributed by atoms with van der Waals surface area (Å²) in [5.41, 5.74) is 0.980. The van der Waals surface area contributed by atoms with Crippen molar-refractivity contribution in [3.8, 4) is 28.0 Å². The molecule has 23 heavy (non-hydrogen) atoms. The van der Waals surface area contributed by atoms with Gasteiger partial charge in [0.05, 0.1) is 34.0 Å². The van der Waals surface area contributed by atoms with E-state index in [2.05, 4.69) is 9.97 Å². The van der Waals surface area contributed by atoms with Crippen molar-refractivity contribution in [2.75, 3.05) is 7.11 Å². The van der Waals surface area contributed by atoms with Crippen molar-refractivity contribution in [2.24, 2.45) is 0 Å². The van der Waals surface area contributed by atoms with Crippen LogP contribution in [0.2, 0.25) is 4.34 Å². The second-order valence-electron chi connectivity index (χ2n) is 4.56. The molecular weight excluding hydrogens is 340 g/mol. The molecule has 3 aromatic rings. The van der Waals surface area contributed by atoms with Crippen LogP contribution >= 0.6 is 22.9 Å². The number of thiophene rings is 1. The summed E-state index contributed by atoms with van der Waals surface area (Å²) in [4.78, 5) is 20.2. The van der Waals surface area contributed by atoms with Gasteiger partial charge >= 0.3 is 5.97 Å². The third-order valence-electron chi connectivity index (χ3n) is 3.01. The molecule has 0 radical (unpaired) electrons. The Labute approximate surface area is 140 Å². The average molecular weight is 351 g/mol. The minimum atomic E-state index is -0.985. The zero-order valence-electron chi connectivity index (χ0n) is 11.9. The molecule has 6 nitrogen and oxygen atoms in total. The number of oxazole rings is 1. The van der Waals surface area contributed by atoms with Gasteiger partial charge in [-0.15, -0.1) is 11.3 Å². The number of pyridine rings is 1. The lowest BCUT2D eigenvalue weighted by atomic mass is 10.2. The summed E-state index contributed by atoms with van der Waals surface area (Å²) < 4.78 is 11.4. The monoisotopic (exact) mass is 350 g/mol. The summed E-state index contributed by atoms with van der Waals surface area (Å²) in [7, 11) is 1.52. The van der Waals surface area contributed by atoms with Crippen LogP contribution in [-0.2, 0) is 11.2 Å². The highest BCUT2D eigenvalue weighted by atomic mass is 35.5. The van der Waals surface area contributed by atoms with E-state index in [9.17, 15) is 4.79 Å². The quantitative estimate of drug-likeness (QED) is 0.754. The number of carboxylic acids is 1. The highest BCUT2D eigenvalue weighted by Crippen LogP contribution is 2.36. The van der Waals surface area contributed by atoms with E-state index in [0.717, 1.165) is 4.88 Å². The predicted molar refractivity (Wildman–Crippen MR) is 85.9 cm³/mol. The number of hydrogen-bond acceptors (Lipinski definition) is 6. The number of rotatable bonds is 5. The molecule has 1 N–H and O–H groups in total. The van der Waals surface area contributed by atoms with Gasteiger partial charge in [-0.05, 0) is 18.2 Å². The summed E-state index contributed by atoms with van der Waals surface area (Å²) in [6, 6.07) is 6.92. The topological polar surface area (TPSA) is 85.5 Å². The van der Waals surface area contributed by atoms with E-state index in [1.165, 1.54) is 18.4 Å². The number of aliphatic carboxylic acids is 1. The van der Waals surface area contributed by atoms with Crippen LogP contribution in [0.15, 0.2) is 34.9 Å². The first-order valence-electron chi connectivity index (χ1n) is 6.54. The predicted octanol–water partition coefficient (Wildman–Crippen LogP) is 3.75. The van der Waals surface area contributed by atoms with Gasteiger partial charge in [0.1, 0.15) is 0 Å². The first-order valence-corrected chi connectivity index (χ1v) is 7.74. The van der Waals surface area contributed by atoms with E-state index in [0.29, 0.717) is 33.1 Å². The van der Waals surface area contributed by atoms with Crippen molar-refractivity contribution in [1.82, 2.24) is 9.97 Å². The van der Waals surface area contributed by atoms with Crippen molar-refractivity contribution >= 4 is 28.9 Å². The van der Waals surface area contributed by atoms with Crippen LogP contribution in [0, 0.1) is 0 Å². The van der Waals surface area contributed by atoms with Crippen LogP contribution in [0.25, 0.3) is 22.1 Å². The number of nitrogens with zero attached hydrogens (tertiary/aromatic N) is 2. The lowest BCUT2D eigenvalue weighted by Gasteiger charge is -1.98. The fourth-order valence-corrected chi connectivity index (χ4v) is 3.04. The van der Waals surface area contributed by atoms with Gasteiger partial charge in [-0.2, -0.15) is 0 Å². The molecule has 0 bridgehead atoms. The molecule has 3 rings (SSSR count). The fraction of sp³-hybridized carbons (Fsp3) is 0.133. The van der Waals surface area contributed by atoms with Crippen molar-refractivity contribution in [3.63, 3.8) is 0 Å². The minimum Gasteiger partial charge on any atom is -0.481 e. The normalized spacial score (nSPS) is 10.7. The van der Waals surface area contributed by atoms with Crippen molar-refractivity contribution in [2.45, 2.75) is 6.42 Å². The van der Waals surface area contributed by atoms with Crippen LogP contribution in [0.1, 0.15) is 5.69 Å². The van der Waals surface area contributed by atoms with E-state index in [1.54, 1.807) is 30.5 Å². The zero-order valence-corrected chi connectivity index (χ0v) is 13.5. The lowest BCUT2D eigenvalue weighted by molar-refractivity contribution is -0.136. The summed E-state index contributed by atoms with van der Waals surface area (Å²) in [6.45, 7) is 0. The van der Waals surface area contributed by atoms with E-state index in [4.69, 9.17) is 25.9 Å². The Balaban J connectivity index is 2.04. The van der Waals surface area contributed by atoms with Crippen LogP contribution in [0.3, 0.4) is 0 Å². The second kappa shape index (κ2) is 6.39. The Bertz CT molecular complexity index is 842. The molecule has 0 amide bonds. The maximum atomic E-state index is 11.1. The van der Waals surface area contributed by atoms with Gasteiger partial charge in [-0.1, -0.05) is 11.6 Å². The maximum absolute atomic E-state index is 11.1. The van der Waals surface area contributed by atoms with Crippen molar-refractivity contribution in [1.29, 1.82) is 0 Å². The number of carboxylic acid groups (broad SMARTS) is 1. The SMILES string of the molecule is COc1ccc(-c2nc(CC(=O)O)c(-c3ccc(Cl)s3)o2)cn1. The van der Waals surface area contributed by atoms with Crippen LogP contribution in [0.5, 0.6) is 5.88 Å². The number of carbonyl (C=O) groups is 1. The van der Waals surface area contributed by atoms with E-state index >= 15 is 0 Å². The average Bonchev–Trinajstić information content (AvgIpc) is 3.13. The van der Waals surface area contributed by atoms with E-state index in [-0.39, 0.29) is 6.42 Å². The van der Waals surface area contributed by atoms with Crippen LogP contribution in [-0.4, -0.2) is 28.2 Å². The van der Waals surface area contributed by atoms with Crippen molar-refractivity contribution < 1.29 is 19.1 Å². The molecule has 0 aromatic carbocycles. The Morgan fingerprint density at radius 2 is 2.22 bits per heavy atom. The molecule has 0 aliphatic carbocycles. The number of halogens is 1. The largest absolute Gasteiger partial charge is 0.481 e. The number of ether oxygens (including phenoxy) is 1. The Morgan fingerprint density at radius 1 is 1.39 bits per heavy atom. The molecule has 0 aliphatic heterocycles. The third kappa shape index (κ3) is 3.35. The van der Waals surface area contributed by atoms with E-state index < -0.39 is 5.97 Å². The summed E-state index contributed by atoms with van der Waals surface area (Å²) in [6.07, 6.45) is 1.32. The number of methoxy groups -OCH3 is 1. The smallest absolute Gasteiger partial charge is 0.309 e. The second-order valence-corrected chi connectivity index (χ2v) is 6.27. The van der Waals surface area contributed by atoms with Gasteiger partial charge in [0.2, 0.25) is 11.8 Å². The minimum absolute atomic E-state index is 0.238. The highest BCUT2D eigenvalue weighted by molar-refractivity contribution is 7.19.